The fourth-order valence-electron chi connectivity index (χ4n) is 2.80. The molecule has 0 spiro atoms. The molecule has 1 aliphatic rings. The largest absolute Gasteiger partial charge is 0.393 e. The second-order valence-electron chi connectivity index (χ2n) is 6.03. The minimum Gasteiger partial charge on any atom is -0.393 e. The summed E-state index contributed by atoms with van der Waals surface area (Å²) >= 11 is 0. The standard InChI is InChI=1S/C18H21FN4O2/c19-15-11-13(4-5-16(15)23-9-6-14(24)7-10-23)12-21-18(25)22-17-3-1-2-8-20-17/h1-5,8,11,14,24H,6-7,9-10,12H2,(H2,20,21,22,25). The highest BCUT2D eigenvalue weighted by Gasteiger charge is 2.19. The molecule has 0 radical (unpaired) electrons. The summed E-state index contributed by atoms with van der Waals surface area (Å²) in [7, 11) is 0. The summed E-state index contributed by atoms with van der Waals surface area (Å²) < 4.78 is 14.4. The van der Waals surface area contributed by atoms with Gasteiger partial charge in [-0.2, -0.15) is 0 Å². The fraction of sp³-hybridized carbons (Fsp3) is 0.333. The number of urea groups is 1. The SMILES string of the molecule is O=C(NCc1ccc(N2CCC(O)CC2)c(F)c1)Nc1ccccn1. The number of anilines is 2. The number of rotatable bonds is 4. The van der Waals surface area contributed by atoms with Gasteiger partial charge in [-0.15, -0.1) is 0 Å². The van der Waals surface area contributed by atoms with Crippen LogP contribution in [0.3, 0.4) is 0 Å². The van der Waals surface area contributed by atoms with Gasteiger partial charge >= 0.3 is 6.03 Å². The molecule has 132 valence electrons. The van der Waals surface area contributed by atoms with Crippen LogP contribution < -0.4 is 15.5 Å². The van der Waals surface area contributed by atoms with Gasteiger partial charge in [0.05, 0.1) is 11.8 Å². The number of pyridine rings is 1. The topological polar surface area (TPSA) is 77.5 Å². The predicted molar refractivity (Wildman–Crippen MR) is 93.9 cm³/mol. The molecular formula is C18H21FN4O2. The van der Waals surface area contributed by atoms with E-state index in [-0.39, 0.29) is 18.5 Å². The van der Waals surface area contributed by atoms with Gasteiger partial charge in [0.1, 0.15) is 11.6 Å². The molecule has 7 heteroatoms. The molecule has 1 aromatic heterocycles. The Morgan fingerprint density at radius 2 is 2.08 bits per heavy atom. The van der Waals surface area contributed by atoms with E-state index in [1.165, 1.54) is 6.07 Å². The third-order valence-corrected chi connectivity index (χ3v) is 4.18. The Kier molecular flexibility index (Phi) is 5.45. The van der Waals surface area contributed by atoms with Crippen molar-refractivity contribution in [1.29, 1.82) is 0 Å². The molecule has 0 aliphatic carbocycles. The van der Waals surface area contributed by atoms with E-state index in [1.807, 2.05) is 4.90 Å². The fourth-order valence-corrected chi connectivity index (χ4v) is 2.80. The average Bonchev–Trinajstić information content (AvgIpc) is 2.62. The number of hydrogen-bond donors (Lipinski definition) is 3. The summed E-state index contributed by atoms with van der Waals surface area (Å²) in [4.78, 5) is 17.8. The highest BCUT2D eigenvalue weighted by atomic mass is 19.1. The minimum atomic E-state index is -0.395. The summed E-state index contributed by atoms with van der Waals surface area (Å²) in [5.74, 6) is 0.134. The third-order valence-electron chi connectivity index (χ3n) is 4.18. The van der Waals surface area contributed by atoms with Crippen LogP contribution >= 0.6 is 0 Å². The van der Waals surface area contributed by atoms with Crippen molar-refractivity contribution in [1.82, 2.24) is 10.3 Å². The number of aliphatic hydroxyl groups is 1. The average molecular weight is 344 g/mol. The normalized spacial score (nSPS) is 15.0. The second-order valence-corrected chi connectivity index (χ2v) is 6.03. The maximum atomic E-state index is 14.4. The van der Waals surface area contributed by atoms with Crippen molar-refractivity contribution < 1.29 is 14.3 Å². The van der Waals surface area contributed by atoms with Gasteiger partial charge in [-0.25, -0.2) is 14.2 Å². The third kappa shape index (κ3) is 4.67. The van der Waals surface area contributed by atoms with Gasteiger partial charge in [0.2, 0.25) is 0 Å². The van der Waals surface area contributed by atoms with Gasteiger partial charge in [-0.1, -0.05) is 12.1 Å². The molecule has 0 unspecified atom stereocenters. The summed E-state index contributed by atoms with van der Waals surface area (Å²) in [6.45, 7) is 1.50. The molecule has 2 amide bonds. The Labute approximate surface area is 145 Å². The molecule has 2 aromatic rings. The summed E-state index contributed by atoms with van der Waals surface area (Å²) in [6.07, 6.45) is 2.59. The number of aromatic nitrogens is 1. The van der Waals surface area contributed by atoms with Gasteiger partial charge in [-0.05, 0) is 42.7 Å². The summed E-state index contributed by atoms with van der Waals surface area (Å²) in [5, 5.41) is 14.8. The molecule has 1 fully saturated rings. The van der Waals surface area contributed by atoms with Gasteiger partial charge in [-0.3, -0.25) is 5.32 Å². The molecular weight excluding hydrogens is 323 g/mol. The number of benzene rings is 1. The van der Waals surface area contributed by atoms with Crippen molar-refractivity contribution in [3.8, 4) is 0 Å². The lowest BCUT2D eigenvalue weighted by Gasteiger charge is -2.31. The molecule has 3 rings (SSSR count). The molecule has 1 aliphatic heterocycles. The van der Waals surface area contributed by atoms with Crippen molar-refractivity contribution in [3.05, 3.63) is 54.0 Å². The number of aliphatic hydroxyl groups excluding tert-OH is 1. The van der Waals surface area contributed by atoms with Gasteiger partial charge < -0.3 is 15.3 Å². The predicted octanol–water partition coefficient (Wildman–Crippen LogP) is 2.50. The molecule has 1 saturated heterocycles. The zero-order valence-corrected chi connectivity index (χ0v) is 13.8. The Morgan fingerprint density at radius 3 is 2.76 bits per heavy atom. The van der Waals surface area contributed by atoms with Crippen LogP contribution in [0.2, 0.25) is 0 Å². The van der Waals surface area contributed by atoms with Crippen LogP contribution in [0.15, 0.2) is 42.6 Å². The van der Waals surface area contributed by atoms with E-state index in [4.69, 9.17) is 0 Å². The van der Waals surface area contributed by atoms with Crippen LogP contribution in [0.25, 0.3) is 0 Å². The Bertz CT molecular complexity index is 718. The van der Waals surface area contributed by atoms with E-state index < -0.39 is 6.03 Å². The highest BCUT2D eigenvalue weighted by Crippen LogP contribution is 2.24. The molecule has 6 nitrogen and oxygen atoms in total. The first-order valence-corrected chi connectivity index (χ1v) is 8.29. The molecule has 3 N–H and O–H groups in total. The zero-order valence-electron chi connectivity index (χ0n) is 13.8. The number of halogens is 1. The maximum absolute atomic E-state index is 14.4. The quantitative estimate of drug-likeness (QED) is 0.796. The maximum Gasteiger partial charge on any atom is 0.320 e. The molecule has 0 atom stereocenters. The lowest BCUT2D eigenvalue weighted by atomic mass is 10.1. The number of nitrogens with one attached hydrogen (secondary N) is 2. The molecule has 1 aromatic carbocycles. The first-order valence-electron chi connectivity index (χ1n) is 8.29. The first kappa shape index (κ1) is 17.2. The Hall–Kier alpha value is -2.67. The van der Waals surface area contributed by atoms with Crippen molar-refractivity contribution >= 4 is 17.5 Å². The number of piperidine rings is 1. The van der Waals surface area contributed by atoms with E-state index in [9.17, 15) is 14.3 Å². The van der Waals surface area contributed by atoms with Crippen LogP contribution in [0, 0.1) is 5.82 Å². The monoisotopic (exact) mass is 344 g/mol. The zero-order chi connectivity index (χ0) is 17.6. The molecule has 25 heavy (non-hydrogen) atoms. The van der Waals surface area contributed by atoms with Gasteiger partial charge in [0, 0.05) is 25.8 Å². The van der Waals surface area contributed by atoms with Crippen LogP contribution in [-0.4, -0.2) is 35.3 Å². The van der Waals surface area contributed by atoms with Gasteiger partial charge in [0.15, 0.2) is 0 Å². The van der Waals surface area contributed by atoms with Crippen LogP contribution in [0.1, 0.15) is 18.4 Å². The van der Waals surface area contributed by atoms with Crippen LogP contribution in [0.4, 0.5) is 20.7 Å². The van der Waals surface area contributed by atoms with Crippen LogP contribution in [0.5, 0.6) is 0 Å². The number of nitrogens with zero attached hydrogens (tertiary/aromatic N) is 2. The lowest BCUT2D eigenvalue weighted by Crippen LogP contribution is -2.36. The van der Waals surface area contributed by atoms with Crippen molar-refractivity contribution in [2.75, 3.05) is 23.3 Å². The Morgan fingerprint density at radius 1 is 1.28 bits per heavy atom. The number of hydrogen-bond acceptors (Lipinski definition) is 4. The minimum absolute atomic E-state index is 0.217. The summed E-state index contributed by atoms with van der Waals surface area (Å²) in [5.41, 5.74) is 1.21. The van der Waals surface area contributed by atoms with E-state index >= 15 is 0 Å². The first-order chi connectivity index (χ1) is 12.1. The van der Waals surface area contributed by atoms with Crippen molar-refractivity contribution in [3.63, 3.8) is 0 Å². The smallest absolute Gasteiger partial charge is 0.320 e. The lowest BCUT2D eigenvalue weighted by molar-refractivity contribution is 0.145. The number of amides is 2. The molecule has 0 saturated carbocycles. The highest BCUT2D eigenvalue weighted by molar-refractivity contribution is 5.88. The molecule has 0 bridgehead atoms. The van der Waals surface area contributed by atoms with Crippen molar-refractivity contribution in [2.45, 2.75) is 25.5 Å². The van der Waals surface area contributed by atoms with E-state index in [0.29, 0.717) is 43.0 Å². The summed E-state index contributed by atoms with van der Waals surface area (Å²) in [6, 6.07) is 9.77. The van der Waals surface area contributed by atoms with E-state index in [2.05, 4.69) is 15.6 Å². The number of carbonyl (C=O) groups is 1. The Balaban J connectivity index is 1.55. The molecule has 2 heterocycles. The van der Waals surface area contributed by atoms with Gasteiger partial charge in [0.25, 0.3) is 0 Å². The van der Waals surface area contributed by atoms with Crippen LogP contribution in [-0.2, 0) is 6.54 Å². The van der Waals surface area contributed by atoms with E-state index in [1.54, 1.807) is 36.5 Å². The second kappa shape index (κ2) is 7.94. The number of carbonyl (C=O) groups excluding carboxylic acids is 1. The van der Waals surface area contributed by atoms with E-state index in [0.717, 1.165) is 0 Å². The van der Waals surface area contributed by atoms with Crippen molar-refractivity contribution in [2.24, 2.45) is 0 Å².